The summed E-state index contributed by atoms with van der Waals surface area (Å²) in [5.74, 6) is 2.74. The van der Waals surface area contributed by atoms with Gasteiger partial charge in [0.05, 0.1) is 0 Å². The van der Waals surface area contributed by atoms with Crippen molar-refractivity contribution in [2.45, 2.75) is 19.1 Å². The second-order valence-electron chi connectivity index (χ2n) is 5.24. The summed E-state index contributed by atoms with van der Waals surface area (Å²) in [6.07, 6.45) is 0.398. The van der Waals surface area contributed by atoms with Crippen LogP contribution in [-0.2, 0) is 10.5 Å². The Morgan fingerprint density at radius 3 is 2.82 bits per heavy atom. The Morgan fingerprint density at radius 2 is 2.14 bits per heavy atom. The summed E-state index contributed by atoms with van der Waals surface area (Å²) in [7, 11) is 0. The Kier molecular flexibility index (Phi) is 7.12. The van der Waals surface area contributed by atoms with Crippen LogP contribution < -0.4 is 5.32 Å². The highest BCUT2D eigenvalue weighted by molar-refractivity contribution is 8.13. The molecule has 0 radical (unpaired) electrons. The number of hydrogen-bond donors (Lipinski definition) is 1. The second-order valence-corrected chi connectivity index (χ2v) is 7.39. The highest BCUT2D eigenvalue weighted by Gasteiger charge is 2.21. The third kappa shape index (κ3) is 5.93. The number of aryl methyl sites for hydroxylation is 1. The number of amides is 2. The predicted octanol–water partition coefficient (Wildman–Crippen LogP) is 2.90. The Hall–Kier alpha value is -1.14. The number of nitrogens with zero attached hydrogens (tertiary/aromatic N) is 1. The highest BCUT2D eigenvalue weighted by atomic mass is 32.2. The SMILES string of the molecule is Cc1ccc(CSCCNC(=O)CCN2CCSC2=O)cc1. The van der Waals surface area contributed by atoms with Gasteiger partial charge in [0.1, 0.15) is 0 Å². The van der Waals surface area contributed by atoms with E-state index in [2.05, 4.69) is 36.5 Å². The minimum Gasteiger partial charge on any atom is -0.355 e. The maximum atomic E-state index is 11.7. The Morgan fingerprint density at radius 1 is 1.36 bits per heavy atom. The van der Waals surface area contributed by atoms with Gasteiger partial charge < -0.3 is 10.2 Å². The maximum Gasteiger partial charge on any atom is 0.281 e. The van der Waals surface area contributed by atoms with Gasteiger partial charge in [0.25, 0.3) is 5.24 Å². The summed E-state index contributed by atoms with van der Waals surface area (Å²) in [6, 6.07) is 8.53. The van der Waals surface area contributed by atoms with Crippen LogP contribution in [0.1, 0.15) is 17.5 Å². The number of nitrogens with one attached hydrogen (secondary N) is 1. The average Bonchev–Trinajstić information content (AvgIpc) is 2.92. The van der Waals surface area contributed by atoms with Gasteiger partial charge in [0.2, 0.25) is 5.91 Å². The van der Waals surface area contributed by atoms with Crippen molar-refractivity contribution in [2.24, 2.45) is 0 Å². The van der Waals surface area contributed by atoms with Gasteiger partial charge in [0, 0.05) is 43.3 Å². The molecule has 1 aliphatic heterocycles. The van der Waals surface area contributed by atoms with E-state index in [-0.39, 0.29) is 11.1 Å². The lowest BCUT2D eigenvalue weighted by molar-refractivity contribution is -0.121. The number of carbonyl (C=O) groups is 2. The lowest BCUT2D eigenvalue weighted by Gasteiger charge is -2.13. The molecule has 2 amide bonds. The van der Waals surface area contributed by atoms with Crippen LogP contribution in [0.25, 0.3) is 0 Å². The molecule has 0 unspecified atom stereocenters. The molecular weight excluding hydrogens is 316 g/mol. The summed E-state index contributed by atoms with van der Waals surface area (Å²) >= 11 is 3.15. The monoisotopic (exact) mass is 338 g/mol. The third-order valence-electron chi connectivity index (χ3n) is 3.41. The number of benzene rings is 1. The van der Waals surface area contributed by atoms with Gasteiger partial charge in [0.15, 0.2) is 0 Å². The van der Waals surface area contributed by atoms with Gasteiger partial charge in [-0.2, -0.15) is 11.8 Å². The summed E-state index contributed by atoms with van der Waals surface area (Å²) in [5, 5.41) is 3.01. The normalized spacial score (nSPS) is 14.4. The topological polar surface area (TPSA) is 49.4 Å². The molecule has 0 aromatic heterocycles. The smallest absolute Gasteiger partial charge is 0.281 e. The molecule has 2 rings (SSSR count). The standard InChI is InChI=1S/C16H22N2O2S2/c1-13-2-4-14(5-3-13)12-21-10-7-17-15(19)6-8-18-9-11-22-16(18)20/h2-5H,6-12H2,1H3,(H,17,19). The van der Waals surface area contributed by atoms with E-state index < -0.39 is 0 Å². The van der Waals surface area contributed by atoms with Crippen molar-refractivity contribution in [1.29, 1.82) is 0 Å². The molecule has 0 saturated carbocycles. The fraction of sp³-hybridized carbons (Fsp3) is 0.500. The van der Waals surface area contributed by atoms with Crippen LogP contribution in [-0.4, -0.2) is 47.2 Å². The van der Waals surface area contributed by atoms with E-state index in [1.165, 1.54) is 22.9 Å². The first-order valence-electron chi connectivity index (χ1n) is 7.47. The average molecular weight is 338 g/mol. The minimum atomic E-state index is 0.0284. The van der Waals surface area contributed by atoms with Crippen molar-refractivity contribution in [3.63, 3.8) is 0 Å². The Balaban J connectivity index is 1.51. The zero-order valence-corrected chi connectivity index (χ0v) is 14.5. The lowest BCUT2D eigenvalue weighted by Crippen LogP contribution is -2.31. The predicted molar refractivity (Wildman–Crippen MR) is 94.4 cm³/mol. The summed E-state index contributed by atoms with van der Waals surface area (Å²) in [4.78, 5) is 24.9. The van der Waals surface area contributed by atoms with E-state index >= 15 is 0 Å². The van der Waals surface area contributed by atoms with Crippen molar-refractivity contribution in [1.82, 2.24) is 10.2 Å². The van der Waals surface area contributed by atoms with Crippen molar-refractivity contribution >= 4 is 34.7 Å². The fourth-order valence-electron chi connectivity index (χ4n) is 2.09. The van der Waals surface area contributed by atoms with E-state index in [1.807, 2.05) is 11.8 Å². The van der Waals surface area contributed by atoms with Crippen molar-refractivity contribution < 1.29 is 9.59 Å². The van der Waals surface area contributed by atoms with Crippen molar-refractivity contribution in [3.8, 4) is 0 Å². The number of hydrogen-bond acceptors (Lipinski definition) is 4. The van der Waals surface area contributed by atoms with Gasteiger partial charge in [-0.3, -0.25) is 9.59 Å². The number of carbonyl (C=O) groups excluding carboxylic acids is 2. The van der Waals surface area contributed by atoms with Crippen LogP contribution in [0.4, 0.5) is 4.79 Å². The molecule has 1 saturated heterocycles. The van der Waals surface area contributed by atoms with Crippen LogP contribution in [0.2, 0.25) is 0 Å². The molecule has 0 aliphatic carbocycles. The molecule has 1 aromatic rings. The second kappa shape index (κ2) is 9.10. The molecule has 6 heteroatoms. The Bertz CT molecular complexity index is 505. The molecule has 0 atom stereocenters. The van der Waals surface area contributed by atoms with Crippen molar-refractivity contribution in [2.75, 3.05) is 31.1 Å². The zero-order chi connectivity index (χ0) is 15.8. The van der Waals surface area contributed by atoms with E-state index in [4.69, 9.17) is 0 Å². The molecule has 0 bridgehead atoms. The summed E-state index contributed by atoms with van der Waals surface area (Å²) in [6.45, 7) is 4.07. The molecular formula is C16H22N2O2S2. The lowest BCUT2D eigenvalue weighted by atomic mass is 10.2. The van der Waals surface area contributed by atoms with Crippen LogP contribution in [0.15, 0.2) is 24.3 Å². The maximum absolute atomic E-state index is 11.7. The van der Waals surface area contributed by atoms with Gasteiger partial charge in [-0.1, -0.05) is 41.6 Å². The van der Waals surface area contributed by atoms with E-state index in [0.29, 0.717) is 19.5 Å². The molecule has 22 heavy (non-hydrogen) atoms. The molecule has 4 nitrogen and oxygen atoms in total. The fourth-order valence-corrected chi connectivity index (χ4v) is 3.76. The van der Waals surface area contributed by atoms with Gasteiger partial charge in [-0.15, -0.1) is 0 Å². The molecule has 1 N–H and O–H groups in total. The molecule has 120 valence electrons. The van der Waals surface area contributed by atoms with Crippen LogP contribution >= 0.6 is 23.5 Å². The summed E-state index contributed by atoms with van der Waals surface area (Å²) < 4.78 is 0. The van der Waals surface area contributed by atoms with E-state index in [0.717, 1.165) is 23.8 Å². The number of thioether (sulfide) groups is 2. The van der Waals surface area contributed by atoms with Crippen LogP contribution in [0.3, 0.4) is 0 Å². The quantitative estimate of drug-likeness (QED) is 0.741. The first kappa shape index (κ1) is 17.2. The molecule has 1 aliphatic rings. The zero-order valence-electron chi connectivity index (χ0n) is 12.8. The van der Waals surface area contributed by atoms with Gasteiger partial charge >= 0.3 is 0 Å². The molecule has 0 spiro atoms. The van der Waals surface area contributed by atoms with E-state index in [1.54, 1.807) is 4.90 Å². The minimum absolute atomic E-state index is 0.0284. The van der Waals surface area contributed by atoms with Gasteiger partial charge in [-0.05, 0) is 12.5 Å². The third-order valence-corrected chi connectivity index (χ3v) is 5.33. The van der Waals surface area contributed by atoms with Crippen LogP contribution in [0.5, 0.6) is 0 Å². The largest absolute Gasteiger partial charge is 0.355 e. The highest BCUT2D eigenvalue weighted by Crippen LogP contribution is 2.17. The van der Waals surface area contributed by atoms with Gasteiger partial charge in [-0.25, -0.2) is 0 Å². The van der Waals surface area contributed by atoms with Crippen LogP contribution in [0, 0.1) is 6.92 Å². The first-order chi connectivity index (χ1) is 10.6. The number of rotatable bonds is 8. The summed E-state index contributed by atoms with van der Waals surface area (Å²) in [5.41, 5.74) is 2.59. The Labute approximate surface area is 140 Å². The van der Waals surface area contributed by atoms with E-state index in [9.17, 15) is 9.59 Å². The molecule has 1 aromatic carbocycles. The molecule has 1 heterocycles. The molecule has 1 fully saturated rings. The van der Waals surface area contributed by atoms with Crippen molar-refractivity contribution in [3.05, 3.63) is 35.4 Å². The first-order valence-corrected chi connectivity index (χ1v) is 9.61.